The SMILES string of the molecule is CCC(=O)c1c(N)cc(COc2ccc(F)c(Br)c2)cc1C(=O)O. The third-order valence-corrected chi connectivity index (χ3v) is 3.96. The minimum absolute atomic E-state index is 0.0123. The van der Waals surface area contributed by atoms with Crippen LogP contribution in [0.2, 0.25) is 0 Å². The van der Waals surface area contributed by atoms with Crippen molar-refractivity contribution in [2.75, 3.05) is 5.73 Å². The van der Waals surface area contributed by atoms with E-state index in [1.807, 2.05) is 0 Å². The number of hydrogen-bond acceptors (Lipinski definition) is 4. The Balaban J connectivity index is 2.29. The Morgan fingerprint density at radius 3 is 2.58 bits per heavy atom. The molecule has 0 aliphatic carbocycles. The Bertz CT molecular complexity index is 807. The van der Waals surface area contributed by atoms with Crippen molar-refractivity contribution in [2.24, 2.45) is 0 Å². The van der Waals surface area contributed by atoms with Crippen molar-refractivity contribution in [2.45, 2.75) is 20.0 Å². The number of Topliss-reactive ketones (excluding diaryl/α,β-unsaturated/α-hetero) is 1. The second-order valence-corrected chi connectivity index (χ2v) is 5.91. The second-order valence-electron chi connectivity index (χ2n) is 5.05. The van der Waals surface area contributed by atoms with Crippen molar-refractivity contribution in [3.8, 4) is 5.75 Å². The molecule has 2 aromatic carbocycles. The summed E-state index contributed by atoms with van der Waals surface area (Å²) in [4.78, 5) is 23.3. The third kappa shape index (κ3) is 3.91. The average molecular weight is 396 g/mol. The number of ether oxygens (including phenoxy) is 1. The molecule has 0 atom stereocenters. The van der Waals surface area contributed by atoms with Crippen molar-refractivity contribution in [3.63, 3.8) is 0 Å². The fourth-order valence-corrected chi connectivity index (χ4v) is 2.56. The molecule has 0 spiro atoms. The van der Waals surface area contributed by atoms with Crippen LogP contribution >= 0.6 is 15.9 Å². The zero-order valence-electron chi connectivity index (χ0n) is 12.8. The van der Waals surface area contributed by atoms with Gasteiger partial charge in [0.05, 0.1) is 15.6 Å². The van der Waals surface area contributed by atoms with E-state index in [4.69, 9.17) is 10.5 Å². The van der Waals surface area contributed by atoms with Gasteiger partial charge in [0.15, 0.2) is 5.78 Å². The van der Waals surface area contributed by atoms with Gasteiger partial charge in [0, 0.05) is 12.1 Å². The van der Waals surface area contributed by atoms with Crippen molar-refractivity contribution < 1.29 is 23.8 Å². The highest BCUT2D eigenvalue weighted by atomic mass is 79.9. The van der Waals surface area contributed by atoms with Crippen LogP contribution in [0.4, 0.5) is 10.1 Å². The van der Waals surface area contributed by atoms with Gasteiger partial charge in [-0.1, -0.05) is 6.92 Å². The molecular formula is C17H15BrFNO4. The van der Waals surface area contributed by atoms with Crippen LogP contribution in [0.1, 0.15) is 39.6 Å². The summed E-state index contributed by atoms with van der Waals surface area (Å²) in [6.07, 6.45) is 0.157. The number of halogens is 2. The Morgan fingerprint density at radius 1 is 1.29 bits per heavy atom. The molecule has 0 saturated heterocycles. The Hall–Kier alpha value is -2.41. The summed E-state index contributed by atoms with van der Waals surface area (Å²) >= 11 is 3.06. The molecule has 0 aliphatic heterocycles. The summed E-state index contributed by atoms with van der Waals surface area (Å²) < 4.78 is 19.0. The van der Waals surface area contributed by atoms with Crippen LogP contribution in [-0.2, 0) is 6.61 Å². The summed E-state index contributed by atoms with van der Waals surface area (Å²) in [5.41, 5.74) is 6.31. The van der Waals surface area contributed by atoms with Crippen LogP contribution < -0.4 is 10.5 Å². The number of carboxylic acids is 1. The predicted molar refractivity (Wildman–Crippen MR) is 90.9 cm³/mol. The second kappa shape index (κ2) is 7.44. The smallest absolute Gasteiger partial charge is 0.336 e. The number of nitrogen functional groups attached to an aromatic ring is 1. The number of carbonyl (C=O) groups excluding carboxylic acids is 1. The maximum absolute atomic E-state index is 13.2. The molecule has 0 radical (unpaired) electrons. The lowest BCUT2D eigenvalue weighted by molar-refractivity contribution is 0.0691. The molecule has 0 amide bonds. The molecule has 0 aromatic heterocycles. The van der Waals surface area contributed by atoms with Crippen LogP contribution in [0.25, 0.3) is 0 Å². The van der Waals surface area contributed by atoms with E-state index in [9.17, 15) is 19.1 Å². The molecule has 5 nitrogen and oxygen atoms in total. The van der Waals surface area contributed by atoms with Gasteiger partial charge in [0.1, 0.15) is 18.2 Å². The first-order chi connectivity index (χ1) is 11.3. The van der Waals surface area contributed by atoms with Crippen molar-refractivity contribution in [1.29, 1.82) is 0 Å². The molecule has 2 rings (SSSR count). The number of carboxylic acid groups (broad SMARTS) is 1. The molecule has 7 heteroatoms. The van der Waals surface area contributed by atoms with Crippen molar-refractivity contribution in [1.82, 2.24) is 0 Å². The van der Waals surface area contributed by atoms with Crippen LogP contribution in [-0.4, -0.2) is 16.9 Å². The largest absolute Gasteiger partial charge is 0.489 e. The molecule has 2 aromatic rings. The fraction of sp³-hybridized carbons (Fsp3) is 0.176. The number of benzene rings is 2. The standard InChI is InChI=1S/C17H15BrFNO4/c1-2-15(21)16-11(17(22)23)5-9(6-14(16)20)8-24-10-3-4-13(19)12(18)7-10/h3-7H,2,8,20H2,1H3,(H,22,23). The molecule has 0 saturated carbocycles. The van der Waals surface area contributed by atoms with Gasteiger partial charge >= 0.3 is 5.97 Å². The summed E-state index contributed by atoms with van der Waals surface area (Å²) in [7, 11) is 0. The number of carbonyl (C=O) groups is 2. The first kappa shape index (κ1) is 17.9. The van der Waals surface area contributed by atoms with Crippen LogP contribution in [0, 0.1) is 5.82 Å². The first-order valence-electron chi connectivity index (χ1n) is 7.10. The number of anilines is 1. The van der Waals surface area contributed by atoms with Gasteiger partial charge < -0.3 is 15.6 Å². The molecule has 0 bridgehead atoms. The minimum atomic E-state index is -1.23. The van der Waals surface area contributed by atoms with Gasteiger partial charge in [-0.15, -0.1) is 0 Å². The topological polar surface area (TPSA) is 89.6 Å². The molecular weight excluding hydrogens is 381 g/mol. The van der Waals surface area contributed by atoms with Crippen molar-refractivity contribution in [3.05, 3.63) is 57.3 Å². The lowest BCUT2D eigenvalue weighted by Crippen LogP contribution is -2.13. The number of ketones is 1. The van der Waals surface area contributed by atoms with Crippen LogP contribution in [0.15, 0.2) is 34.8 Å². The van der Waals surface area contributed by atoms with E-state index in [1.165, 1.54) is 30.3 Å². The third-order valence-electron chi connectivity index (χ3n) is 3.36. The minimum Gasteiger partial charge on any atom is -0.489 e. The Labute approximate surface area is 146 Å². The van der Waals surface area contributed by atoms with E-state index in [0.29, 0.717) is 11.3 Å². The zero-order valence-corrected chi connectivity index (χ0v) is 14.4. The lowest BCUT2D eigenvalue weighted by atomic mass is 9.97. The van der Waals surface area contributed by atoms with E-state index < -0.39 is 11.8 Å². The molecule has 126 valence electrons. The number of rotatable bonds is 6. The highest BCUT2D eigenvalue weighted by molar-refractivity contribution is 9.10. The molecule has 0 heterocycles. The first-order valence-corrected chi connectivity index (χ1v) is 7.89. The lowest BCUT2D eigenvalue weighted by Gasteiger charge is -2.12. The molecule has 3 N–H and O–H groups in total. The monoisotopic (exact) mass is 395 g/mol. The van der Waals surface area contributed by atoms with Gasteiger partial charge in [0.25, 0.3) is 0 Å². The number of nitrogens with two attached hydrogens (primary N) is 1. The van der Waals surface area contributed by atoms with Gasteiger partial charge in [-0.3, -0.25) is 4.79 Å². The number of aromatic carboxylic acids is 1. The summed E-state index contributed by atoms with van der Waals surface area (Å²) in [6.45, 7) is 1.67. The van der Waals surface area contributed by atoms with E-state index in [1.54, 1.807) is 6.92 Å². The average Bonchev–Trinajstić information content (AvgIpc) is 2.54. The van der Waals surface area contributed by atoms with Crippen LogP contribution in [0.5, 0.6) is 5.75 Å². The fourth-order valence-electron chi connectivity index (χ4n) is 2.20. The van der Waals surface area contributed by atoms with E-state index in [0.717, 1.165) is 0 Å². The van der Waals surface area contributed by atoms with E-state index in [-0.39, 0.29) is 40.1 Å². The zero-order chi connectivity index (χ0) is 17.9. The summed E-state index contributed by atoms with van der Waals surface area (Å²) in [5.74, 6) is -1.57. The molecule has 0 fully saturated rings. The maximum atomic E-state index is 13.2. The maximum Gasteiger partial charge on any atom is 0.336 e. The Kier molecular flexibility index (Phi) is 5.56. The Morgan fingerprint density at radius 2 is 2.00 bits per heavy atom. The summed E-state index contributed by atoms with van der Waals surface area (Å²) in [6, 6.07) is 7.04. The van der Waals surface area contributed by atoms with Gasteiger partial charge in [-0.25, -0.2) is 9.18 Å². The molecule has 0 aliphatic rings. The van der Waals surface area contributed by atoms with Crippen LogP contribution in [0.3, 0.4) is 0 Å². The quantitative estimate of drug-likeness (QED) is 0.568. The van der Waals surface area contributed by atoms with Gasteiger partial charge in [-0.05, 0) is 51.8 Å². The van der Waals surface area contributed by atoms with Gasteiger partial charge in [0.2, 0.25) is 0 Å². The molecule has 24 heavy (non-hydrogen) atoms. The van der Waals surface area contributed by atoms with E-state index >= 15 is 0 Å². The normalized spacial score (nSPS) is 10.5. The highest BCUT2D eigenvalue weighted by Crippen LogP contribution is 2.25. The predicted octanol–water partition coefficient (Wildman–Crippen LogP) is 4.04. The highest BCUT2D eigenvalue weighted by Gasteiger charge is 2.20. The molecule has 0 unspecified atom stereocenters. The number of hydrogen-bond donors (Lipinski definition) is 2. The van der Waals surface area contributed by atoms with Gasteiger partial charge in [-0.2, -0.15) is 0 Å². The summed E-state index contributed by atoms with van der Waals surface area (Å²) in [5, 5.41) is 9.31. The van der Waals surface area contributed by atoms with E-state index in [2.05, 4.69) is 15.9 Å². The van der Waals surface area contributed by atoms with Crippen molar-refractivity contribution >= 4 is 33.4 Å².